The fourth-order valence-electron chi connectivity index (χ4n) is 3.17. The number of likely N-dealkylation sites (tertiary alicyclic amines) is 1. The zero-order valence-electron chi connectivity index (χ0n) is 15.1. The zero-order valence-corrected chi connectivity index (χ0v) is 15.9. The summed E-state index contributed by atoms with van der Waals surface area (Å²) in [6.07, 6.45) is 1.84. The molecule has 1 aromatic carbocycles. The van der Waals surface area contributed by atoms with Gasteiger partial charge in [0.2, 0.25) is 4.77 Å². The Labute approximate surface area is 157 Å². The lowest BCUT2D eigenvalue weighted by atomic mass is 9.99. The average Bonchev–Trinajstić information content (AvgIpc) is 3.03. The molecule has 1 N–H and O–H groups in total. The predicted octanol–water partition coefficient (Wildman–Crippen LogP) is 2.85. The molecule has 8 heteroatoms. The zero-order chi connectivity index (χ0) is 18.5. The molecule has 7 nitrogen and oxygen atoms in total. The van der Waals surface area contributed by atoms with E-state index in [4.69, 9.17) is 21.7 Å². The highest BCUT2D eigenvalue weighted by Crippen LogP contribution is 2.21. The number of ether oxygens (including phenoxy) is 2. The van der Waals surface area contributed by atoms with Crippen molar-refractivity contribution in [3.8, 4) is 17.1 Å². The summed E-state index contributed by atoms with van der Waals surface area (Å²) in [5.74, 6) is 1.34. The standard InChI is InChI=1S/C18H24N4O3S/c1-3-25-17(23)14-5-4-10-21(11-14)12-22-18(26)19-16(20-22)13-6-8-15(24-2)9-7-13/h6-9,14H,3-5,10-12H2,1-2H3,(H,19,20,26)/t14-/m0/s1. The average molecular weight is 376 g/mol. The minimum Gasteiger partial charge on any atom is -0.497 e. The van der Waals surface area contributed by atoms with Crippen molar-refractivity contribution in [2.75, 3.05) is 26.8 Å². The van der Waals surface area contributed by atoms with E-state index in [1.165, 1.54) is 0 Å². The molecule has 1 saturated heterocycles. The molecule has 140 valence electrons. The van der Waals surface area contributed by atoms with E-state index in [1.807, 2.05) is 35.9 Å². The summed E-state index contributed by atoms with van der Waals surface area (Å²) < 4.78 is 12.7. The van der Waals surface area contributed by atoms with E-state index in [0.29, 0.717) is 24.6 Å². The van der Waals surface area contributed by atoms with Crippen molar-refractivity contribution in [1.82, 2.24) is 19.7 Å². The Kier molecular flexibility index (Phi) is 6.05. The van der Waals surface area contributed by atoms with Gasteiger partial charge in [0.05, 0.1) is 26.3 Å². The Morgan fingerprint density at radius 2 is 2.15 bits per heavy atom. The van der Waals surface area contributed by atoms with Gasteiger partial charge in [-0.05, 0) is 62.8 Å². The van der Waals surface area contributed by atoms with Crippen molar-refractivity contribution < 1.29 is 14.3 Å². The third-order valence-corrected chi connectivity index (χ3v) is 4.82. The molecule has 26 heavy (non-hydrogen) atoms. The number of benzene rings is 1. The van der Waals surface area contributed by atoms with Crippen LogP contribution in [-0.4, -0.2) is 52.4 Å². The minimum absolute atomic E-state index is 0.0677. The lowest BCUT2D eigenvalue weighted by Gasteiger charge is -2.31. The van der Waals surface area contributed by atoms with Crippen LogP contribution in [0.1, 0.15) is 19.8 Å². The van der Waals surface area contributed by atoms with E-state index in [1.54, 1.807) is 7.11 Å². The van der Waals surface area contributed by atoms with Gasteiger partial charge in [0.1, 0.15) is 5.75 Å². The molecule has 1 aromatic heterocycles. The predicted molar refractivity (Wildman–Crippen MR) is 100 cm³/mol. The van der Waals surface area contributed by atoms with Crippen molar-refractivity contribution in [1.29, 1.82) is 0 Å². The van der Waals surface area contributed by atoms with Gasteiger partial charge in [0, 0.05) is 12.1 Å². The number of piperidine rings is 1. The molecule has 0 radical (unpaired) electrons. The van der Waals surface area contributed by atoms with E-state index in [2.05, 4.69) is 15.0 Å². The molecule has 3 rings (SSSR count). The smallest absolute Gasteiger partial charge is 0.310 e. The number of aromatic nitrogens is 3. The summed E-state index contributed by atoms with van der Waals surface area (Å²) in [4.78, 5) is 18.7. The van der Waals surface area contributed by atoms with E-state index in [9.17, 15) is 4.79 Å². The SMILES string of the molecule is CCOC(=O)[C@H]1CCCN(Cn2[nH]c(-c3ccc(OC)cc3)nc2=S)C1. The number of carbonyl (C=O) groups excluding carboxylic acids is 1. The summed E-state index contributed by atoms with van der Waals surface area (Å²) >= 11 is 5.39. The second-order valence-corrected chi connectivity index (χ2v) is 6.69. The normalized spacial score (nSPS) is 17.8. The summed E-state index contributed by atoms with van der Waals surface area (Å²) in [5, 5.41) is 3.25. The highest BCUT2D eigenvalue weighted by Gasteiger charge is 2.27. The molecule has 0 amide bonds. The Balaban J connectivity index is 1.69. The van der Waals surface area contributed by atoms with Gasteiger partial charge in [-0.2, -0.15) is 4.98 Å². The number of nitrogens with one attached hydrogen (secondary N) is 1. The first-order valence-electron chi connectivity index (χ1n) is 8.81. The number of carbonyl (C=O) groups is 1. The van der Waals surface area contributed by atoms with Crippen molar-refractivity contribution in [3.05, 3.63) is 29.0 Å². The topological polar surface area (TPSA) is 72.4 Å². The van der Waals surface area contributed by atoms with Gasteiger partial charge in [-0.15, -0.1) is 0 Å². The number of methoxy groups -OCH3 is 1. The number of H-pyrrole nitrogens is 1. The molecule has 2 aromatic rings. The van der Waals surface area contributed by atoms with Crippen LogP contribution in [0.4, 0.5) is 0 Å². The van der Waals surface area contributed by atoms with E-state index in [0.717, 1.165) is 36.5 Å². The Morgan fingerprint density at radius 3 is 2.85 bits per heavy atom. The maximum atomic E-state index is 12.0. The first-order chi connectivity index (χ1) is 12.6. The van der Waals surface area contributed by atoms with Crippen LogP contribution in [0.25, 0.3) is 11.4 Å². The molecule has 0 aliphatic carbocycles. The summed E-state index contributed by atoms with van der Waals surface area (Å²) in [5.41, 5.74) is 0.943. The second-order valence-electron chi connectivity index (χ2n) is 6.32. The summed E-state index contributed by atoms with van der Waals surface area (Å²) in [7, 11) is 1.64. The number of nitrogens with zero attached hydrogens (tertiary/aromatic N) is 3. The molecule has 0 saturated carbocycles. The first-order valence-corrected chi connectivity index (χ1v) is 9.21. The molecule has 1 fully saturated rings. The van der Waals surface area contributed by atoms with Crippen LogP contribution in [0.15, 0.2) is 24.3 Å². The third kappa shape index (κ3) is 4.31. The number of esters is 1. The molecule has 0 spiro atoms. The monoisotopic (exact) mass is 376 g/mol. The van der Waals surface area contributed by atoms with Crippen molar-refractivity contribution in [3.63, 3.8) is 0 Å². The number of rotatable bonds is 6. The van der Waals surface area contributed by atoms with Gasteiger partial charge in [-0.3, -0.25) is 14.8 Å². The van der Waals surface area contributed by atoms with Crippen LogP contribution in [0, 0.1) is 10.7 Å². The number of hydrogen-bond acceptors (Lipinski definition) is 6. The number of hydrogen-bond donors (Lipinski definition) is 1. The largest absolute Gasteiger partial charge is 0.497 e. The number of aromatic amines is 1. The maximum Gasteiger partial charge on any atom is 0.310 e. The Bertz CT molecular complexity index is 800. The van der Waals surface area contributed by atoms with E-state index in [-0.39, 0.29) is 11.9 Å². The molecule has 2 heterocycles. The fraction of sp³-hybridized carbons (Fsp3) is 0.500. The minimum atomic E-state index is -0.107. The van der Waals surface area contributed by atoms with Gasteiger partial charge >= 0.3 is 5.97 Å². The molecule has 0 unspecified atom stereocenters. The molecule has 1 aliphatic heterocycles. The molecular formula is C18H24N4O3S. The molecule has 0 bridgehead atoms. The van der Waals surface area contributed by atoms with Crippen LogP contribution in [-0.2, 0) is 16.2 Å². The summed E-state index contributed by atoms with van der Waals surface area (Å²) in [6.45, 7) is 4.44. The van der Waals surface area contributed by atoms with E-state index < -0.39 is 0 Å². The van der Waals surface area contributed by atoms with Crippen molar-refractivity contribution >= 4 is 18.2 Å². The fourth-order valence-corrected chi connectivity index (χ4v) is 3.36. The van der Waals surface area contributed by atoms with E-state index >= 15 is 0 Å². The van der Waals surface area contributed by atoms with Crippen LogP contribution in [0.3, 0.4) is 0 Å². The quantitative estimate of drug-likeness (QED) is 0.617. The highest BCUT2D eigenvalue weighted by atomic mass is 32.1. The van der Waals surface area contributed by atoms with Gasteiger partial charge in [0.25, 0.3) is 0 Å². The van der Waals surface area contributed by atoms with Crippen LogP contribution >= 0.6 is 12.2 Å². The molecule has 1 atom stereocenters. The van der Waals surface area contributed by atoms with Crippen molar-refractivity contribution in [2.24, 2.45) is 5.92 Å². The highest BCUT2D eigenvalue weighted by molar-refractivity contribution is 7.71. The van der Waals surface area contributed by atoms with Crippen LogP contribution < -0.4 is 4.74 Å². The van der Waals surface area contributed by atoms with Gasteiger partial charge in [-0.25, -0.2) is 4.68 Å². The van der Waals surface area contributed by atoms with Gasteiger partial charge < -0.3 is 9.47 Å². The van der Waals surface area contributed by atoms with Crippen LogP contribution in [0.2, 0.25) is 0 Å². The Morgan fingerprint density at radius 1 is 1.38 bits per heavy atom. The lowest BCUT2D eigenvalue weighted by molar-refractivity contribution is -0.150. The first kappa shape index (κ1) is 18.6. The van der Waals surface area contributed by atoms with Gasteiger partial charge in [0.15, 0.2) is 5.82 Å². The second kappa shape index (κ2) is 8.46. The maximum absolute atomic E-state index is 12.0. The summed E-state index contributed by atoms with van der Waals surface area (Å²) in [6, 6.07) is 7.66. The lowest BCUT2D eigenvalue weighted by Crippen LogP contribution is -2.40. The third-order valence-electron chi connectivity index (χ3n) is 4.51. The van der Waals surface area contributed by atoms with Crippen molar-refractivity contribution in [2.45, 2.75) is 26.4 Å². The Hall–Kier alpha value is -2.19. The van der Waals surface area contributed by atoms with Gasteiger partial charge in [-0.1, -0.05) is 0 Å². The molecule has 1 aliphatic rings. The molecular weight excluding hydrogens is 352 g/mol. The van der Waals surface area contributed by atoms with Crippen LogP contribution in [0.5, 0.6) is 5.75 Å².